The number of anilines is 1. The van der Waals surface area contributed by atoms with Crippen LogP contribution in [0.3, 0.4) is 0 Å². The maximum Gasteiger partial charge on any atom is 0.157 e. The first-order chi connectivity index (χ1) is 8.78. The van der Waals surface area contributed by atoms with E-state index in [-0.39, 0.29) is 0 Å². The Morgan fingerprint density at radius 2 is 2.33 bits per heavy atom. The van der Waals surface area contributed by atoms with Gasteiger partial charge in [-0.15, -0.1) is 0 Å². The molecule has 18 heavy (non-hydrogen) atoms. The summed E-state index contributed by atoms with van der Waals surface area (Å²) in [6, 6.07) is 8.06. The van der Waals surface area contributed by atoms with Gasteiger partial charge in [0.2, 0.25) is 0 Å². The molecular weight excluding hydrogens is 294 g/mol. The van der Waals surface area contributed by atoms with Crippen LogP contribution in [0.1, 0.15) is 6.92 Å². The minimum atomic E-state index is 0.613. The predicted molar refractivity (Wildman–Crippen MR) is 76.0 cm³/mol. The lowest BCUT2D eigenvalue weighted by Gasteiger charge is -2.07. The van der Waals surface area contributed by atoms with Crippen LogP contribution in [-0.4, -0.2) is 22.9 Å². The van der Waals surface area contributed by atoms with Crippen LogP contribution in [0, 0.1) is 0 Å². The van der Waals surface area contributed by atoms with Gasteiger partial charge < -0.3 is 10.1 Å². The molecule has 0 aliphatic rings. The summed E-state index contributed by atoms with van der Waals surface area (Å²) in [6.45, 7) is 4.28. The lowest BCUT2D eigenvalue weighted by molar-refractivity contribution is 0.332. The van der Waals surface area contributed by atoms with E-state index in [0.717, 1.165) is 29.0 Å². The van der Waals surface area contributed by atoms with Crippen LogP contribution in [0.25, 0.3) is 0 Å². The largest absolute Gasteiger partial charge is 0.488 e. The van der Waals surface area contributed by atoms with Gasteiger partial charge in [0.25, 0.3) is 0 Å². The lowest BCUT2D eigenvalue weighted by Crippen LogP contribution is -2.11. The van der Waals surface area contributed by atoms with Gasteiger partial charge >= 0.3 is 0 Å². The highest BCUT2D eigenvalue weighted by atomic mass is 79.9. The van der Waals surface area contributed by atoms with E-state index in [4.69, 9.17) is 4.74 Å². The van der Waals surface area contributed by atoms with Crippen LogP contribution >= 0.6 is 15.9 Å². The topological polar surface area (TPSA) is 39.1 Å². The highest BCUT2D eigenvalue weighted by Crippen LogP contribution is 2.15. The second kappa shape index (κ2) is 6.44. The van der Waals surface area contributed by atoms with E-state index >= 15 is 0 Å². The van der Waals surface area contributed by atoms with Gasteiger partial charge in [-0.2, -0.15) is 5.10 Å². The van der Waals surface area contributed by atoms with Gasteiger partial charge in [0.15, 0.2) is 5.75 Å². The van der Waals surface area contributed by atoms with Crippen molar-refractivity contribution < 1.29 is 4.74 Å². The first-order valence-electron chi connectivity index (χ1n) is 5.92. The van der Waals surface area contributed by atoms with Gasteiger partial charge in [0.1, 0.15) is 6.61 Å². The predicted octanol–water partition coefficient (Wildman–Crippen LogP) is 3.16. The van der Waals surface area contributed by atoms with Gasteiger partial charge in [0.05, 0.1) is 12.4 Å². The van der Waals surface area contributed by atoms with Crippen molar-refractivity contribution in [2.24, 2.45) is 0 Å². The molecule has 1 N–H and O–H groups in total. The van der Waals surface area contributed by atoms with E-state index in [0.29, 0.717) is 6.61 Å². The number of nitrogens with one attached hydrogen (secondary N) is 1. The van der Waals surface area contributed by atoms with Crippen LogP contribution in [-0.2, 0) is 6.54 Å². The third-order valence-electron chi connectivity index (χ3n) is 2.46. The Labute approximate surface area is 115 Å². The molecule has 2 rings (SSSR count). The molecule has 0 radical (unpaired) electrons. The normalized spacial score (nSPS) is 10.3. The van der Waals surface area contributed by atoms with Crippen molar-refractivity contribution in [3.63, 3.8) is 0 Å². The summed E-state index contributed by atoms with van der Waals surface area (Å²) in [6.07, 6.45) is 3.64. The Bertz CT molecular complexity index is 498. The van der Waals surface area contributed by atoms with E-state index in [1.807, 2.05) is 42.1 Å². The molecule has 0 amide bonds. The Morgan fingerprint density at radius 3 is 3.06 bits per heavy atom. The summed E-state index contributed by atoms with van der Waals surface area (Å²) in [5.41, 5.74) is 1.08. The SMILES string of the molecule is CCn1cc(OCCNc2cccc(Br)c2)cn1. The van der Waals surface area contributed by atoms with Crippen LogP contribution in [0.4, 0.5) is 5.69 Å². The zero-order chi connectivity index (χ0) is 12.8. The fourth-order valence-electron chi connectivity index (χ4n) is 1.55. The third-order valence-corrected chi connectivity index (χ3v) is 2.95. The molecule has 0 unspecified atom stereocenters. The number of nitrogens with zero attached hydrogens (tertiary/aromatic N) is 2. The van der Waals surface area contributed by atoms with E-state index in [9.17, 15) is 0 Å². The molecule has 1 aromatic heterocycles. The summed E-state index contributed by atoms with van der Waals surface area (Å²) in [5.74, 6) is 0.813. The summed E-state index contributed by atoms with van der Waals surface area (Å²) in [7, 11) is 0. The first kappa shape index (κ1) is 13.0. The second-order valence-electron chi connectivity index (χ2n) is 3.82. The van der Waals surface area contributed by atoms with Gasteiger partial charge in [0, 0.05) is 23.2 Å². The minimum Gasteiger partial charge on any atom is -0.488 e. The summed E-state index contributed by atoms with van der Waals surface area (Å²) < 4.78 is 8.49. The number of halogens is 1. The van der Waals surface area contributed by atoms with Crippen LogP contribution in [0.5, 0.6) is 5.75 Å². The molecule has 4 nitrogen and oxygen atoms in total. The van der Waals surface area contributed by atoms with Crippen molar-refractivity contribution >= 4 is 21.6 Å². The molecule has 0 saturated heterocycles. The highest BCUT2D eigenvalue weighted by Gasteiger charge is 1.98. The maximum absolute atomic E-state index is 5.58. The van der Waals surface area contributed by atoms with Crippen LogP contribution < -0.4 is 10.1 Å². The molecule has 96 valence electrons. The molecule has 0 atom stereocenters. The smallest absolute Gasteiger partial charge is 0.157 e. The van der Waals surface area contributed by atoms with Crippen LogP contribution in [0.2, 0.25) is 0 Å². The summed E-state index contributed by atoms with van der Waals surface area (Å²) >= 11 is 3.44. The van der Waals surface area contributed by atoms with E-state index in [1.54, 1.807) is 6.20 Å². The number of hydrogen-bond acceptors (Lipinski definition) is 3. The first-order valence-corrected chi connectivity index (χ1v) is 6.72. The number of aromatic nitrogens is 2. The van der Waals surface area contributed by atoms with Crippen LogP contribution in [0.15, 0.2) is 41.1 Å². The quantitative estimate of drug-likeness (QED) is 0.833. The van der Waals surface area contributed by atoms with Crippen molar-refractivity contribution in [3.05, 3.63) is 41.1 Å². The molecule has 2 aromatic rings. The maximum atomic E-state index is 5.58. The minimum absolute atomic E-state index is 0.613. The Hall–Kier alpha value is -1.49. The highest BCUT2D eigenvalue weighted by molar-refractivity contribution is 9.10. The third kappa shape index (κ3) is 3.77. The Kier molecular flexibility index (Phi) is 4.64. The Balaban J connectivity index is 1.72. The molecule has 0 fully saturated rings. The molecule has 5 heteroatoms. The molecule has 0 saturated carbocycles. The van der Waals surface area contributed by atoms with Gasteiger partial charge in [-0.25, -0.2) is 0 Å². The zero-order valence-electron chi connectivity index (χ0n) is 10.3. The Morgan fingerprint density at radius 1 is 1.44 bits per heavy atom. The average molecular weight is 310 g/mol. The zero-order valence-corrected chi connectivity index (χ0v) is 11.9. The van der Waals surface area contributed by atoms with Gasteiger partial charge in [-0.3, -0.25) is 4.68 Å². The van der Waals surface area contributed by atoms with Crippen molar-refractivity contribution in [2.75, 3.05) is 18.5 Å². The molecule has 0 bridgehead atoms. The second-order valence-corrected chi connectivity index (χ2v) is 4.73. The molecule has 1 aromatic carbocycles. The molecule has 1 heterocycles. The van der Waals surface area contributed by atoms with Crippen molar-refractivity contribution in [3.8, 4) is 5.75 Å². The summed E-state index contributed by atoms with van der Waals surface area (Å²) in [4.78, 5) is 0. The fourth-order valence-corrected chi connectivity index (χ4v) is 1.95. The molecule has 0 spiro atoms. The lowest BCUT2D eigenvalue weighted by atomic mass is 10.3. The average Bonchev–Trinajstić information content (AvgIpc) is 2.83. The van der Waals surface area contributed by atoms with Crippen molar-refractivity contribution in [2.45, 2.75) is 13.5 Å². The number of ether oxygens (including phenoxy) is 1. The van der Waals surface area contributed by atoms with E-state index in [2.05, 4.69) is 26.3 Å². The fraction of sp³-hybridized carbons (Fsp3) is 0.308. The van der Waals surface area contributed by atoms with Gasteiger partial charge in [-0.1, -0.05) is 22.0 Å². The molecular formula is C13H16BrN3O. The number of hydrogen-bond donors (Lipinski definition) is 1. The molecule has 0 aliphatic carbocycles. The van der Waals surface area contributed by atoms with E-state index in [1.165, 1.54) is 0 Å². The van der Waals surface area contributed by atoms with Crippen molar-refractivity contribution in [1.29, 1.82) is 0 Å². The summed E-state index contributed by atoms with van der Waals surface area (Å²) in [5, 5.41) is 7.44. The number of benzene rings is 1. The standard InChI is InChI=1S/C13H16BrN3O/c1-2-17-10-13(9-16-17)18-7-6-15-12-5-3-4-11(14)8-12/h3-5,8-10,15H,2,6-7H2,1H3. The van der Waals surface area contributed by atoms with E-state index < -0.39 is 0 Å². The molecule has 0 aliphatic heterocycles. The monoisotopic (exact) mass is 309 g/mol. The number of rotatable bonds is 6. The van der Waals surface area contributed by atoms with Gasteiger partial charge in [-0.05, 0) is 25.1 Å². The van der Waals surface area contributed by atoms with Crippen molar-refractivity contribution in [1.82, 2.24) is 9.78 Å². The number of aryl methyl sites for hydroxylation is 1.